The summed E-state index contributed by atoms with van der Waals surface area (Å²) in [6.45, 7) is 6.94. The molecule has 10 heteroatoms. The number of aromatic nitrogens is 4. The fourth-order valence-corrected chi connectivity index (χ4v) is 3.47. The van der Waals surface area contributed by atoms with Crippen LogP contribution in [0.3, 0.4) is 0 Å². The highest BCUT2D eigenvalue weighted by molar-refractivity contribution is 14.0. The minimum atomic E-state index is 0. The van der Waals surface area contributed by atoms with Crippen LogP contribution in [0, 0.1) is 0 Å². The van der Waals surface area contributed by atoms with Crippen molar-refractivity contribution in [3.8, 4) is 5.69 Å². The van der Waals surface area contributed by atoms with Crippen LogP contribution in [0.2, 0.25) is 5.02 Å². The van der Waals surface area contributed by atoms with Crippen LogP contribution in [-0.2, 0) is 6.54 Å². The molecule has 0 radical (unpaired) electrons. The smallest absolute Gasteiger partial charge is 0.225 e. The van der Waals surface area contributed by atoms with Crippen LogP contribution in [0.5, 0.6) is 0 Å². The molecular weight excluding hydrogens is 527 g/mol. The second-order valence-electron chi connectivity index (χ2n) is 6.96. The van der Waals surface area contributed by atoms with Crippen molar-refractivity contribution >= 4 is 47.5 Å². The van der Waals surface area contributed by atoms with E-state index < -0.39 is 0 Å². The highest BCUT2D eigenvalue weighted by Crippen LogP contribution is 2.14. The highest BCUT2D eigenvalue weighted by atomic mass is 127. The number of benzene rings is 1. The number of halogens is 2. The first-order valence-electron chi connectivity index (χ1n) is 10.1. The van der Waals surface area contributed by atoms with Gasteiger partial charge < -0.3 is 15.1 Å². The lowest BCUT2D eigenvalue weighted by Crippen LogP contribution is -2.52. The third kappa shape index (κ3) is 6.07. The first kappa shape index (κ1) is 23.3. The number of nitrogens with zero attached hydrogens (tertiary/aromatic N) is 7. The Labute approximate surface area is 204 Å². The number of nitrogens with one attached hydrogen (secondary N) is 1. The number of piperazine rings is 1. The molecule has 1 aromatic carbocycles. The SMILES string of the molecule is CCNC(=NCc1cnn(-c2ccc(Cl)cc2)c1)N1CCN(c2ncccn2)CC1.I. The molecule has 0 saturated carbocycles. The van der Waals surface area contributed by atoms with Gasteiger partial charge in [-0.25, -0.2) is 19.6 Å². The number of rotatable bonds is 5. The Morgan fingerprint density at radius 2 is 1.81 bits per heavy atom. The Kier molecular flexibility index (Phi) is 8.47. The van der Waals surface area contributed by atoms with Gasteiger partial charge in [-0.05, 0) is 37.3 Å². The fraction of sp³-hybridized carbons (Fsp3) is 0.333. The molecule has 0 amide bonds. The van der Waals surface area contributed by atoms with Crippen LogP contribution in [0.25, 0.3) is 5.69 Å². The molecule has 1 aliphatic heterocycles. The van der Waals surface area contributed by atoms with Gasteiger partial charge in [0, 0.05) is 61.9 Å². The molecule has 0 unspecified atom stereocenters. The Morgan fingerprint density at radius 1 is 1.10 bits per heavy atom. The topological polar surface area (TPSA) is 74.5 Å². The second-order valence-corrected chi connectivity index (χ2v) is 7.40. The van der Waals surface area contributed by atoms with Crippen LogP contribution < -0.4 is 10.2 Å². The predicted octanol–water partition coefficient (Wildman–Crippen LogP) is 3.22. The molecule has 3 aromatic rings. The van der Waals surface area contributed by atoms with Crippen LogP contribution in [0.1, 0.15) is 12.5 Å². The Hall–Kier alpha value is -2.40. The van der Waals surface area contributed by atoms with Crippen molar-refractivity contribution in [2.75, 3.05) is 37.6 Å². The van der Waals surface area contributed by atoms with E-state index in [0.717, 1.165) is 55.9 Å². The summed E-state index contributed by atoms with van der Waals surface area (Å²) in [4.78, 5) is 18.0. The number of aliphatic imine (C=N–C) groups is 1. The lowest BCUT2D eigenvalue weighted by molar-refractivity contribution is 0.370. The monoisotopic (exact) mass is 552 g/mol. The summed E-state index contributed by atoms with van der Waals surface area (Å²) >= 11 is 5.97. The van der Waals surface area contributed by atoms with Crippen molar-refractivity contribution in [2.45, 2.75) is 13.5 Å². The largest absolute Gasteiger partial charge is 0.357 e. The van der Waals surface area contributed by atoms with E-state index in [0.29, 0.717) is 11.6 Å². The minimum Gasteiger partial charge on any atom is -0.357 e. The third-order valence-corrected chi connectivity index (χ3v) is 5.14. The predicted molar refractivity (Wildman–Crippen MR) is 135 cm³/mol. The lowest BCUT2D eigenvalue weighted by Gasteiger charge is -2.36. The fourth-order valence-electron chi connectivity index (χ4n) is 3.34. The van der Waals surface area contributed by atoms with Crippen molar-refractivity contribution in [3.63, 3.8) is 0 Å². The molecule has 164 valence electrons. The summed E-state index contributed by atoms with van der Waals surface area (Å²) in [5.41, 5.74) is 2.03. The normalized spacial score (nSPS) is 14.3. The molecule has 1 fully saturated rings. The van der Waals surface area contributed by atoms with Gasteiger partial charge in [0.25, 0.3) is 0 Å². The average Bonchev–Trinajstić information content (AvgIpc) is 3.27. The number of hydrogen-bond donors (Lipinski definition) is 1. The van der Waals surface area contributed by atoms with Gasteiger partial charge in [0.1, 0.15) is 0 Å². The zero-order valence-electron chi connectivity index (χ0n) is 17.4. The first-order chi connectivity index (χ1) is 14.7. The summed E-state index contributed by atoms with van der Waals surface area (Å²) in [5, 5.41) is 8.56. The Morgan fingerprint density at radius 3 is 2.48 bits per heavy atom. The zero-order valence-corrected chi connectivity index (χ0v) is 20.4. The van der Waals surface area contributed by atoms with Crippen LogP contribution >= 0.6 is 35.6 Å². The van der Waals surface area contributed by atoms with Gasteiger partial charge >= 0.3 is 0 Å². The van der Waals surface area contributed by atoms with E-state index in [1.165, 1.54) is 0 Å². The van der Waals surface area contributed by atoms with E-state index in [4.69, 9.17) is 16.6 Å². The van der Waals surface area contributed by atoms with Crippen molar-refractivity contribution < 1.29 is 0 Å². The molecule has 8 nitrogen and oxygen atoms in total. The van der Waals surface area contributed by atoms with Crippen molar-refractivity contribution in [3.05, 3.63) is 65.7 Å². The molecule has 2 aromatic heterocycles. The van der Waals surface area contributed by atoms with Gasteiger partial charge in [0.2, 0.25) is 5.95 Å². The maximum Gasteiger partial charge on any atom is 0.225 e. The van der Waals surface area contributed by atoms with Crippen molar-refractivity contribution in [1.82, 2.24) is 30.0 Å². The van der Waals surface area contributed by atoms with Gasteiger partial charge in [-0.2, -0.15) is 5.10 Å². The quantitative estimate of drug-likeness (QED) is 0.298. The van der Waals surface area contributed by atoms with Crippen molar-refractivity contribution in [1.29, 1.82) is 0 Å². The molecule has 31 heavy (non-hydrogen) atoms. The highest BCUT2D eigenvalue weighted by Gasteiger charge is 2.21. The maximum atomic E-state index is 5.97. The standard InChI is InChI=1S/C21H25ClN8.HI/c1-2-23-20(28-10-12-29(13-11-28)21-24-8-3-9-25-21)26-14-17-15-27-30(16-17)19-6-4-18(22)5-7-19;/h3-9,15-16H,2,10-14H2,1H3,(H,23,26);1H. The molecule has 1 aliphatic rings. The summed E-state index contributed by atoms with van der Waals surface area (Å²) in [6, 6.07) is 9.45. The molecule has 0 bridgehead atoms. The van der Waals surface area contributed by atoms with Crippen molar-refractivity contribution in [2.24, 2.45) is 4.99 Å². The van der Waals surface area contributed by atoms with E-state index in [-0.39, 0.29) is 24.0 Å². The minimum absolute atomic E-state index is 0. The molecule has 1 saturated heterocycles. The van der Waals surface area contributed by atoms with E-state index in [1.54, 1.807) is 12.4 Å². The number of hydrogen-bond acceptors (Lipinski definition) is 5. The van der Waals surface area contributed by atoms with E-state index in [9.17, 15) is 0 Å². The number of guanidine groups is 1. The summed E-state index contributed by atoms with van der Waals surface area (Å²) in [7, 11) is 0. The molecule has 0 spiro atoms. The van der Waals surface area contributed by atoms with E-state index in [2.05, 4.69) is 37.1 Å². The maximum absolute atomic E-state index is 5.97. The second kappa shape index (κ2) is 11.3. The van der Waals surface area contributed by atoms with E-state index >= 15 is 0 Å². The van der Waals surface area contributed by atoms with Gasteiger partial charge in [-0.1, -0.05) is 11.6 Å². The lowest BCUT2D eigenvalue weighted by atomic mass is 10.3. The van der Waals surface area contributed by atoms with Gasteiger partial charge in [0.15, 0.2) is 5.96 Å². The third-order valence-electron chi connectivity index (χ3n) is 4.89. The zero-order chi connectivity index (χ0) is 20.8. The molecule has 4 rings (SSSR count). The van der Waals surface area contributed by atoms with E-state index in [1.807, 2.05) is 47.4 Å². The van der Waals surface area contributed by atoms with Gasteiger partial charge in [0.05, 0.1) is 18.4 Å². The van der Waals surface area contributed by atoms with Crippen LogP contribution in [0.15, 0.2) is 60.1 Å². The van der Waals surface area contributed by atoms with Crippen LogP contribution in [0.4, 0.5) is 5.95 Å². The molecule has 0 aliphatic carbocycles. The average molecular weight is 553 g/mol. The number of anilines is 1. The summed E-state index contributed by atoms with van der Waals surface area (Å²) in [5.74, 6) is 1.71. The van der Waals surface area contributed by atoms with Gasteiger partial charge in [-0.15, -0.1) is 24.0 Å². The molecule has 0 atom stereocenters. The molecular formula is C21H26ClIN8. The van der Waals surface area contributed by atoms with Crippen LogP contribution in [-0.4, -0.2) is 63.3 Å². The van der Waals surface area contributed by atoms with Gasteiger partial charge in [-0.3, -0.25) is 0 Å². The molecule has 1 N–H and O–H groups in total. The Bertz CT molecular complexity index is 969. The molecule has 3 heterocycles. The first-order valence-corrected chi connectivity index (χ1v) is 10.5. The summed E-state index contributed by atoms with van der Waals surface area (Å²) < 4.78 is 1.84. The summed E-state index contributed by atoms with van der Waals surface area (Å²) in [6.07, 6.45) is 7.42. The Balaban J connectivity index is 0.00000272.